The van der Waals surface area contributed by atoms with E-state index < -0.39 is 0 Å². The summed E-state index contributed by atoms with van der Waals surface area (Å²) in [5.74, 6) is 0.663. The fourth-order valence-corrected chi connectivity index (χ4v) is 3.07. The van der Waals surface area contributed by atoms with Crippen molar-refractivity contribution in [3.8, 4) is 0 Å². The molecule has 0 bridgehead atoms. The van der Waals surface area contributed by atoms with Gasteiger partial charge in [0.25, 0.3) is 0 Å². The zero-order valence-corrected chi connectivity index (χ0v) is 16.5. The highest BCUT2D eigenvalue weighted by atomic mass is 16.5. The van der Waals surface area contributed by atoms with Crippen LogP contribution in [0.2, 0.25) is 0 Å². The Kier molecular flexibility index (Phi) is 13.0. The molecule has 1 aromatic rings. The lowest BCUT2D eigenvalue weighted by Gasteiger charge is -2.05. The minimum absolute atomic E-state index is 0.200. The van der Waals surface area contributed by atoms with Crippen LogP contribution in [0.1, 0.15) is 101 Å². The van der Waals surface area contributed by atoms with Crippen LogP contribution in [-0.2, 0) is 4.74 Å². The van der Waals surface area contributed by atoms with Gasteiger partial charge < -0.3 is 4.74 Å². The minimum Gasteiger partial charge on any atom is -0.462 e. The topological polar surface area (TPSA) is 26.3 Å². The van der Waals surface area contributed by atoms with Crippen LogP contribution < -0.4 is 0 Å². The molecule has 2 nitrogen and oxygen atoms in total. The smallest absolute Gasteiger partial charge is 0.338 e. The second-order valence-electron chi connectivity index (χ2n) is 7.57. The van der Waals surface area contributed by atoms with E-state index in [0.29, 0.717) is 12.2 Å². The van der Waals surface area contributed by atoms with Gasteiger partial charge in [0.05, 0.1) is 12.2 Å². The molecule has 2 heteroatoms. The fraction of sp³-hybridized carbons (Fsp3) is 0.696. The lowest BCUT2D eigenvalue weighted by Crippen LogP contribution is -2.06. The number of benzene rings is 1. The molecule has 0 radical (unpaired) electrons. The second-order valence-corrected chi connectivity index (χ2v) is 7.57. The summed E-state index contributed by atoms with van der Waals surface area (Å²) < 4.78 is 5.30. The van der Waals surface area contributed by atoms with Crippen molar-refractivity contribution in [3.05, 3.63) is 35.9 Å². The van der Waals surface area contributed by atoms with E-state index in [1.54, 1.807) is 12.1 Å². The highest BCUT2D eigenvalue weighted by Gasteiger charge is 2.04. The van der Waals surface area contributed by atoms with Gasteiger partial charge in [0, 0.05) is 0 Å². The van der Waals surface area contributed by atoms with Gasteiger partial charge in [0.1, 0.15) is 0 Å². The van der Waals surface area contributed by atoms with Crippen molar-refractivity contribution in [1.82, 2.24) is 0 Å². The van der Waals surface area contributed by atoms with Crippen LogP contribution in [0, 0.1) is 5.92 Å². The van der Waals surface area contributed by atoms with E-state index in [2.05, 4.69) is 13.8 Å². The van der Waals surface area contributed by atoms with Gasteiger partial charge in [0.15, 0.2) is 0 Å². The number of unbranched alkanes of at least 4 members (excludes halogenated alkanes) is 10. The van der Waals surface area contributed by atoms with E-state index in [9.17, 15) is 4.79 Å². The third-order valence-electron chi connectivity index (χ3n) is 4.67. The van der Waals surface area contributed by atoms with Crippen LogP contribution in [0.4, 0.5) is 0 Å². The summed E-state index contributed by atoms with van der Waals surface area (Å²) in [4.78, 5) is 11.8. The number of carbonyl (C=O) groups excluding carboxylic acids is 1. The van der Waals surface area contributed by atoms with E-state index in [1.165, 1.54) is 64.2 Å². The average Bonchev–Trinajstić information content (AvgIpc) is 2.62. The summed E-state index contributed by atoms with van der Waals surface area (Å²) in [6.45, 7) is 5.17. The van der Waals surface area contributed by atoms with Gasteiger partial charge in [-0.05, 0) is 24.5 Å². The zero-order valence-electron chi connectivity index (χ0n) is 16.5. The van der Waals surface area contributed by atoms with Crippen LogP contribution in [0.25, 0.3) is 0 Å². The molecule has 0 saturated carbocycles. The molecule has 25 heavy (non-hydrogen) atoms. The molecule has 0 aliphatic heterocycles. The largest absolute Gasteiger partial charge is 0.462 e. The molecule has 0 N–H and O–H groups in total. The minimum atomic E-state index is -0.200. The van der Waals surface area contributed by atoms with Crippen molar-refractivity contribution in [1.29, 1.82) is 0 Å². The Morgan fingerprint density at radius 2 is 1.24 bits per heavy atom. The number of carbonyl (C=O) groups is 1. The molecule has 142 valence electrons. The Labute approximate surface area is 155 Å². The highest BCUT2D eigenvalue weighted by Crippen LogP contribution is 2.13. The number of esters is 1. The molecule has 0 amide bonds. The summed E-state index contributed by atoms with van der Waals surface area (Å²) in [6.07, 6.45) is 15.9. The van der Waals surface area contributed by atoms with E-state index in [0.717, 1.165) is 18.8 Å². The van der Waals surface area contributed by atoms with Crippen molar-refractivity contribution >= 4 is 5.97 Å². The number of ether oxygens (including phenoxy) is 1. The molecule has 0 fully saturated rings. The molecule has 1 rings (SSSR count). The Morgan fingerprint density at radius 3 is 1.76 bits per heavy atom. The maximum absolute atomic E-state index is 11.8. The molecule has 0 saturated heterocycles. The predicted molar refractivity (Wildman–Crippen MR) is 107 cm³/mol. The number of hydrogen-bond acceptors (Lipinski definition) is 2. The Morgan fingerprint density at radius 1 is 0.760 bits per heavy atom. The predicted octanol–water partition coefficient (Wildman–Crippen LogP) is 7.18. The Bertz CT molecular complexity index is 425. The average molecular weight is 347 g/mol. The monoisotopic (exact) mass is 346 g/mol. The van der Waals surface area contributed by atoms with Crippen molar-refractivity contribution in [3.63, 3.8) is 0 Å². The van der Waals surface area contributed by atoms with Crippen LogP contribution >= 0.6 is 0 Å². The van der Waals surface area contributed by atoms with Gasteiger partial charge in [0.2, 0.25) is 0 Å². The molecule has 0 aromatic heterocycles. The molecule has 0 unspecified atom stereocenters. The third-order valence-corrected chi connectivity index (χ3v) is 4.67. The maximum Gasteiger partial charge on any atom is 0.338 e. The van der Waals surface area contributed by atoms with E-state index in [1.807, 2.05) is 18.2 Å². The van der Waals surface area contributed by atoms with Gasteiger partial charge in [-0.25, -0.2) is 4.79 Å². The van der Waals surface area contributed by atoms with Crippen LogP contribution in [0.15, 0.2) is 30.3 Å². The summed E-state index contributed by atoms with van der Waals surface area (Å²) >= 11 is 0. The first kappa shape index (κ1) is 21.7. The molecule has 0 spiro atoms. The number of hydrogen-bond donors (Lipinski definition) is 0. The van der Waals surface area contributed by atoms with Crippen molar-refractivity contribution in [2.45, 2.75) is 90.9 Å². The highest BCUT2D eigenvalue weighted by molar-refractivity contribution is 5.89. The third kappa shape index (κ3) is 12.7. The van der Waals surface area contributed by atoms with Gasteiger partial charge in [-0.3, -0.25) is 0 Å². The van der Waals surface area contributed by atoms with Crippen molar-refractivity contribution in [2.75, 3.05) is 6.61 Å². The zero-order chi connectivity index (χ0) is 18.2. The molecule has 1 aromatic carbocycles. The fourth-order valence-electron chi connectivity index (χ4n) is 3.07. The SMILES string of the molecule is CC(C)CCCCCCCCCCCCCOC(=O)c1ccccc1. The Balaban J connectivity index is 1.80. The quantitative estimate of drug-likeness (QED) is 0.248. The van der Waals surface area contributed by atoms with Crippen LogP contribution in [0.3, 0.4) is 0 Å². The van der Waals surface area contributed by atoms with Gasteiger partial charge >= 0.3 is 5.97 Å². The lowest BCUT2D eigenvalue weighted by molar-refractivity contribution is 0.0497. The van der Waals surface area contributed by atoms with Crippen LogP contribution in [-0.4, -0.2) is 12.6 Å². The van der Waals surface area contributed by atoms with Crippen molar-refractivity contribution < 1.29 is 9.53 Å². The van der Waals surface area contributed by atoms with E-state index in [-0.39, 0.29) is 5.97 Å². The maximum atomic E-state index is 11.8. The summed E-state index contributed by atoms with van der Waals surface area (Å²) in [6, 6.07) is 9.23. The first-order chi connectivity index (χ1) is 12.2. The Hall–Kier alpha value is -1.31. The summed E-state index contributed by atoms with van der Waals surface area (Å²) in [5.41, 5.74) is 0.645. The van der Waals surface area contributed by atoms with E-state index in [4.69, 9.17) is 4.74 Å². The van der Waals surface area contributed by atoms with Gasteiger partial charge in [-0.2, -0.15) is 0 Å². The van der Waals surface area contributed by atoms with Gasteiger partial charge in [-0.1, -0.05) is 103 Å². The van der Waals surface area contributed by atoms with Crippen molar-refractivity contribution in [2.24, 2.45) is 5.92 Å². The normalized spacial score (nSPS) is 11.0. The first-order valence-electron chi connectivity index (χ1n) is 10.4. The molecule has 0 atom stereocenters. The second kappa shape index (κ2) is 15.0. The standard InChI is InChI=1S/C23H38O2/c1-21(2)17-13-10-8-6-4-3-5-7-9-11-16-20-25-23(24)22-18-14-12-15-19-22/h12,14-15,18-19,21H,3-11,13,16-17,20H2,1-2H3. The first-order valence-corrected chi connectivity index (χ1v) is 10.4. The number of rotatable bonds is 15. The molecule has 0 aliphatic rings. The van der Waals surface area contributed by atoms with Crippen LogP contribution in [0.5, 0.6) is 0 Å². The molecule has 0 heterocycles. The lowest BCUT2D eigenvalue weighted by atomic mass is 10.0. The van der Waals surface area contributed by atoms with E-state index >= 15 is 0 Å². The molecular formula is C23H38O2. The summed E-state index contributed by atoms with van der Waals surface area (Å²) in [7, 11) is 0. The van der Waals surface area contributed by atoms with Gasteiger partial charge in [-0.15, -0.1) is 0 Å². The molecular weight excluding hydrogens is 308 g/mol. The summed E-state index contributed by atoms with van der Waals surface area (Å²) in [5, 5.41) is 0. The molecule has 0 aliphatic carbocycles.